The third kappa shape index (κ3) is 5.33. The highest BCUT2D eigenvalue weighted by Gasteiger charge is 2.37. The number of aromatic nitrogens is 1. The van der Waals surface area contributed by atoms with Crippen molar-refractivity contribution in [3.63, 3.8) is 0 Å². The normalized spacial score (nSPS) is 14.7. The molecule has 0 saturated heterocycles. The molecule has 0 radical (unpaired) electrons. The lowest BCUT2D eigenvalue weighted by Crippen LogP contribution is -2.47. The summed E-state index contributed by atoms with van der Waals surface area (Å²) in [6.07, 6.45) is 4.94. The van der Waals surface area contributed by atoms with E-state index in [0.717, 1.165) is 49.2 Å². The highest BCUT2D eigenvalue weighted by molar-refractivity contribution is 7.09. The van der Waals surface area contributed by atoms with Gasteiger partial charge in [-0.3, -0.25) is 19.3 Å². The van der Waals surface area contributed by atoms with E-state index in [1.807, 2.05) is 13.0 Å². The Morgan fingerprint density at radius 2 is 1.81 bits per heavy atom. The number of nitrogens with two attached hydrogens (primary N) is 2. The summed E-state index contributed by atoms with van der Waals surface area (Å²) >= 11 is 0.763. The van der Waals surface area contributed by atoms with Crippen LogP contribution in [0.2, 0.25) is 0 Å². The Morgan fingerprint density at radius 3 is 2.42 bits per heavy atom. The zero-order valence-electron chi connectivity index (χ0n) is 19.9. The summed E-state index contributed by atoms with van der Waals surface area (Å²) in [5.74, 6) is -1.73. The van der Waals surface area contributed by atoms with Crippen LogP contribution >= 0.6 is 11.5 Å². The number of amides is 3. The van der Waals surface area contributed by atoms with Gasteiger partial charge in [-0.25, -0.2) is 0 Å². The minimum atomic E-state index is -1.07. The second kappa shape index (κ2) is 10.8. The molecule has 1 atom stereocenters. The van der Waals surface area contributed by atoms with Gasteiger partial charge in [-0.15, -0.1) is 0 Å². The summed E-state index contributed by atoms with van der Waals surface area (Å²) < 4.78 is 3.97. The SMILES string of the molecule is Cc1cccc(N(C(=O)c2snc(C(N)=O)c2N)[C@H](C(=O)NC2CCCCC2)c2ccc(O)cc2)c1. The summed E-state index contributed by atoms with van der Waals surface area (Å²) in [5, 5.41) is 13.0. The number of nitrogens with zero attached hydrogens (tertiary/aromatic N) is 2. The van der Waals surface area contributed by atoms with Crippen LogP contribution in [-0.4, -0.2) is 33.2 Å². The second-order valence-electron chi connectivity index (χ2n) is 8.99. The van der Waals surface area contributed by atoms with Crippen molar-refractivity contribution in [2.45, 2.75) is 51.1 Å². The third-order valence-electron chi connectivity index (χ3n) is 6.32. The van der Waals surface area contributed by atoms with Gasteiger partial charge >= 0.3 is 0 Å². The van der Waals surface area contributed by atoms with E-state index >= 15 is 0 Å². The number of phenols is 1. The van der Waals surface area contributed by atoms with Gasteiger partial charge in [0.25, 0.3) is 11.8 Å². The Hall–Kier alpha value is -3.92. The monoisotopic (exact) mass is 507 g/mol. The van der Waals surface area contributed by atoms with Crippen molar-refractivity contribution in [3.8, 4) is 5.75 Å². The van der Waals surface area contributed by atoms with Gasteiger partial charge in [0.15, 0.2) is 5.69 Å². The molecule has 3 aromatic rings. The van der Waals surface area contributed by atoms with Gasteiger partial charge in [-0.1, -0.05) is 43.5 Å². The molecule has 36 heavy (non-hydrogen) atoms. The molecule has 188 valence electrons. The van der Waals surface area contributed by atoms with Crippen molar-refractivity contribution in [1.29, 1.82) is 0 Å². The number of hydrogen-bond acceptors (Lipinski definition) is 7. The first-order chi connectivity index (χ1) is 17.3. The van der Waals surface area contributed by atoms with Crippen molar-refractivity contribution in [3.05, 3.63) is 70.2 Å². The highest BCUT2D eigenvalue weighted by atomic mass is 32.1. The van der Waals surface area contributed by atoms with E-state index < -0.39 is 17.9 Å². The van der Waals surface area contributed by atoms with Crippen LogP contribution < -0.4 is 21.7 Å². The van der Waals surface area contributed by atoms with Crippen LogP contribution in [0, 0.1) is 6.92 Å². The van der Waals surface area contributed by atoms with E-state index in [1.165, 1.54) is 17.0 Å². The Morgan fingerprint density at radius 1 is 1.11 bits per heavy atom. The molecule has 1 aromatic heterocycles. The van der Waals surface area contributed by atoms with E-state index in [1.54, 1.807) is 30.3 Å². The maximum absolute atomic E-state index is 14.0. The largest absolute Gasteiger partial charge is 0.508 e. The number of aromatic hydroxyl groups is 1. The van der Waals surface area contributed by atoms with Crippen LogP contribution in [0.25, 0.3) is 0 Å². The molecule has 4 rings (SSSR count). The lowest BCUT2D eigenvalue weighted by atomic mass is 9.94. The number of carbonyl (C=O) groups excluding carboxylic acids is 3. The number of primary amides is 1. The van der Waals surface area contributed by atoms with Gasteiger partial charge in [0.05, 0.1) is 5.69 Å². The number of benzene rings is 2. The fraction of sp³-hybridized carbons (Fsp3) is 0.308. The Bertz CT molecular complexity index is 1270. The predicted octanol–water partition coefficient (Wildman–Crippen LogP) is 3.68. The molecule has 2 aromatic carbocycles. The quantitative estimate of drug-likeness (QED) is 0.383. The van der Waals surface area contributed by atoms with E-state index in [-0.39, 0.29) is 34.0 Å². The zero-order chi connectivity index (χ0) is 25.8. The van der Waals surface area contributed by atoms with E-state index in [2.05, 4.69) is 9.69 Å². The molecule has 0 bridgehead atoms. The summed E-state index contributed by atoms with van der Waals surface area (Å²) in [4.78, 5) is 41.0. The number of nitrogens with one attached hydrogen (secondary N) is 1. The summed E-state index contributed by atoms with van der Waals surface area (Å²) in [6, 6.07) is 12.3. The number of carbonyl (C=O) groups is 3. The van der Waals surface area contributed by atoms with Crippen molar-refractivity contribution < 1.29 is 19.5 Å². The van der Waals surface area contributed by atoms with Crippen molar-refractivity contribution in [1.82, 2.24) is 9.69 Å². The molecular formula is C26H29N5O4S. The van der Waals surface area contributed by atoms with Crippen molar-refractivity contribution in [2.24, 2.45) is 5.73 Å². The molecular weight excluding hydrogens is 478 g/mol. The average Bonchev–Trinajstić information content (AvgIpc) is 3.25. The van der Waals surface area contributed by atoms with E-state index in [4.69, 9.17) is 11.5 Å². The highest BCUT2D eigenvalue weighted by Crippen LogP contribution is 2.34. The van der Waals surface area contributed by atoms with Crippen LogP contribution in [-0.2, 0) is 4.79 Å². The van der Waals surface area contributed by atoms with E-state index in [0.29, 0.717) is 11.3 Å². The lowest BCUT2D eigenvalue weighted by Gasteiger charge is -2.33. The molecule has 1 fully saturated rings. The molecule has 1 aliphatic rings. The standard InChI is InChI=1S/C26H29N5O4S/c1-15-6-5-9-18(14-15)31(26(35)23-20(27)21(24(28)33)30-36-23)22(16-10-12-19(32)13-11-16)25(34)29-17-7-3-2-4-8-17/h5-6,9-14,17,22,32H,2-4,7-8,27H2,1H3,(H2,28,33)(H,29,34)/t22-/m0/s1. The van der Waals surface area contributed by atoms with Crippen LogP contribution in [0.15, 0.2) is 48.5 Å². The zero-order valence-corrected chi connectivity index (χ0v) is 20.8. The summed E-state index contributed by atoms with van der Waals surface area (Å²) in [7, 11) is 0. The lowest BCUT2D eigenvalue weighted by molar-refractivity contribution is -0.123. The van der Waals surface area contributed by atoms with E-state index in [9.17, 15) is 19.5 Å². The molecule has 1 saturated carbocycles. The molecule has 9 nitrogen and oxygen atoms in total. The van der Waals surface area contributed by atoms with Crippen LogP contribution in [0.5, 0.6) is 5.75 Å². The first kappa shape index (κ1) is 25.2. The van der Waals surface area contributed by atoms with Crippen LogP contribution in [0.4, 0.5) is 11.4 Å². The van der Waals surface area contributed by atoms with Gasteiger partial charge in [0, 0.05) is 11.7 Å². The van der Waals surface area contributed by atoms with Gasteiger partial charge in [-0.05, 0) is 66.7 Å². The number of rotatable bonds is 7. The van der Waals surface area contributed by atoms with Crippen molar-refractivity contribution >= 4 is 40.6 Å². The summed E-state index contributed by atoms with van der Waals surface area (Å²) in [6.45, 7) is 1.88. The fourth-order valence-electron chi connectivity index (χ4n) is 4.50. The molecule has 0 spiro atoms. The Balaban J connectivity index is 1.84. The first-order valence-electron chi connectivity index (χ1n) is 11.8. The minimum absolute atomic E-state index is 0.00950. The second-order valence-corrected chi connectivity index (χ2v) is 9.76. The topological polar surface area (TPSA) is 152 Å². The van der Waals surface area contributed by atoms with Gasteiger partial charge in [0.1, 0.15) is 16.7 Å². The molecule has 1 heterocycles. The number of aryl methyl sites for hydroxylation is 1. The van der Waals surface area contributed by atoms with Gasteiger partial charge in [-0.2, -0.15) is 4.37 Å². The van der Waals surface area contributed by atoms with Gasteiger partial charge < -0.3 is 21.9 Å². The number of nitrogen functional groups attached to an aromatic ring is 1. The average molecular weight is 508 g/mol. The molecule has 1 aliphatic carbocycles. The molecule has 10 heteroatoms. The van der Waals surface area contributed by atoms with Crippen LogP contribution in [0.1, 0.15) is 69.4 Å². The Labute approximate surface area is 213 Å². The molecule has 0 aliphatic heterocycles. The minimum Gasteiger partial charge on any atom is -0.508 e. The van der Waals surface area contributed by atoms with Gasteiger partial charge in [0.2, 0.25) is 5.91 Å². The summed E-state index contributed by atoms with van der Waals surface area (Å²) in [5.41, 5.74) is 13.0. The first-order valence-corrected chi connectivity index (χ1v) is 12.6. The third-order valence-corrected chi connectivity index (χ3v) is 7.17. The smallest absolute Gasteiger partial charge is 0.273 e. The number of hydrogen-bond donors (Lipinski definition) is 4. The maximum atomic E-state index is 14.0. The maximum Gasteiger partial charge on any atom is 0.273 e. The van der Waals surface area contributed by atoms with Crippen LogP contribution in [0.3, 0.4) is 0 Å². The van der Waals surface area contributed by atoms with Crippen molar-refractivity contribution in [2.75, 3.05) is 10.6 Å². The fourth-order valence-corrected chi connectivity index (χ4v) is 5.24. The molecule has 0 unspecified atom stereocenters. The number of phenolic OH excluding ortho intramolecular Hbond substituents is 1. The number of anilines is 2. The Kier molecular flexibility index (Phi) is 7.54. The predicted molar refractivity (Wildman–Crippen MR) is 139 cm³/mol. The molecule has 6 N–H and O–H groups in total. The molecule has 3 amide bonds.